The van der Waals surface area contributed by atoms with Crippen molar-refractivity contribution in [1.82, 2.24) is 4.98 Å². The first-order valence-corrected chi connectivity index (χ1v) is 4.47. The van der Waals surface area contributed by atoms with Gasteiger partial charge in [-0.3, -0.25) is 19.9 Å². The van der Waals surface area contributed by atoms with Gasteiger partial charge in [-0.25, -0.2) is 8.78 Å². The minimum Gasteiger partial charge on any atom is -0.481 e. The molecule has 6 nitrogen and oxygen atoms in total. The fourth-order valence-corrected chi connectivity index (χ4v) is 1.41. The zero-order valence-electron chi connectivity index (χ0n) is 8.68. The van der Waals surface area contributed by atoms with E-state index in [1.165, 1.54) is 6.92 Å². The van der Waals surface area contributed by atoms with E-state index in [9.17, 15) is 23.7 Å². The van der Waals surface area contributed by atoms with Crippen molar-refractivity contribution in [2.75, 3.05) is 0 Å². The summed E-state index contributed by atoms with van der Waals surface area (Å²) >= 11 is 0. The second-order valence-corrected chi connectivity index (χ2v) is 3.28. The van der Waals surface area contributed by atoms with Crippen molar-refractivity contribution in [1.29, 1.82) is 0 Å². The number of carbonyl (C=O) groups is 1. The van der Waals surface area contributed by atoms with Crippen LogP contribution in [-0.2, 0) is 11.2 Å². The maximum absolute atomic E-state index is 12.7. The third-order valence-electron chi connectivity index (χ3n) is 2.07. The number of halogens is 2. The lowest BCUT2D eigenvalue weighted by Gasteiger charge is -2.08. The zero-order chi connectivity index (χ0) is 13.2. The van der Waals surface area contributed by atoms with E-state index in [-0.39, 0.29) is 5.56 Å². The van der Waals surface area contributed by atoms with Crippen LogP contribution in [0.2, 0.25) is 0 Å². The number of pyridine rings is 1. The van der Waals surface area contributed by atoms with Gasteiger partial charge >= 0.3 is 5.97 Å². The summed E-state index contributed by atoms with van der Waals surface area (Å²) in [4.78, 5) is 23.7. The van der Waals surface area contributed by atoms with Gasteiger partial charge in [0.1, 0.15) is 5.56 Å². The molecule has 92 valence electrons. The van der Waals surface area contributed by atoms with E-state index >= 15 is 0 Å². The molecule has 0 aliphatic rings. The molecule has 0 spiro atoms. The average Bonchev–Trinajstić information content (AvgIpc) is 2.18. The van der Waals surface area contributed by atoms with Gasteiger partial charge in [-0.2, -0.15) is 0 Å². The first-order valence-electron chi connectivity index (χ1n) is 4.47. The molecule has 1 aromatic rings. The smallest absolute Gasteiger partial charge is 0.309 e. The van der Waals surface area contributed by atoms with Crippen molar-refractivity contribution in [3.8, 4) is 0 Å². The highest BCUT2D eigenvalue weighted by atomic mass is 19.3. The van der Waals surface area contributed by atoms with Crippen LogP contribution in [0, 0.1) is 17.0 Å². The molecular formula is C9H8F2N2O4. The van der Waals surface area contributed by atoms with Crippen LogP contribution < -0.4 is 0 Å². The lowest BCUT2D eigenvalue weighted by molar-refractivity contribution is -0.387. The molecule has 0 radical (unpaired) electrons. The number of hydrogen-bond acceptors (Lipinski definition) is 4. The number of aliphatic carboxylic acids is 1. The van der Waals surface area contributed by atoms with E-state index in [0.29, 0.717) is 0 Å². The highest BCUT2D eigenvalue weighted by Gasteiger charge is 2.29. The number of rotatable bonds is 4. The van der Waals surface area contributed by atoms with Crippen LogP contribution in [0.3, 0.4) is 0 Å². The van der Waals surface area contributed by atoms with Crippen LogP contribution in [0.1, 0.15) is 23.2 Å². The van der Waals surface area contributed by atoms with Crippen LogP contribution in [0.5, 0.6) is 0 Å². The molecule has 17 heavy (non-hydrogen) atoms. The Hall–Kier alpha value is -2.12. The molecule has 1 heterocycles. The van der Waals surface area contributed by atoms with E-state index in [1.54, 1.807) is 0 Å². The third kappa shape index (κ3) is 2.71. The van der Waals surface area contributed by atoms with Gasteiger partial charge < -0.3 is 5.11 Å². The fraction of sp³-hybridized carbons (Fsp3) is 0.333. The number of aromatic nitrogens is 1. The second-order valence-electron chi connectivity index (χ2n) is 3.28. The maximum atomic E-state index is 12.7. The van der Waals surface area contributed by atoms with Crippen LogP contribution >= 0.6 is 0 Å². The van der Waals surface area contributed by atoms with E-state index in [2.05, 4.69) is 4.98 Å². The normalized spacial score (nSPS) is 10.6. The van der Waals surface area contributed by atoms with Gasteiger partial charge in [0.25, 0.3) is 12.1 Å². The number of aryl methyl sites for hydroxylation is 1. The van der Waals surface area contributed by atoms with Gasteiger partial charge in [0.05, 0.1) is 17.0 Å². The first-order chi connectivity index (χ1) is 7.84. The highest BCUT2D eigenvalue weighted by Crippen LogP contribution is 2.33. The molecule has 0 saturated carbocycles. The summed E-state index contributed by atoms with van der Waals surface area (Å²) in [6, 6.07) is 0. The first kappa shape index (κ1) is 12.9. The molecular weight excluding hydrogens is 238 g/mol. The summed E-state index contributed by atoms with van der Waals surface area (Å²) in [7, 11) is 0. The van der Waals surface area contributed by atoms with E-state index in [1.807, 2.05) is 0 Å². The van der Waals surface area contributed by atoms with Crippen molar-refractivity contribution < 1.29 is 23.6 Å². The Labute approximate surface area is 94.1 Å². The number of nitrogens with zero attached hydrogens (tertiary/aromatic N) is 2. The highest BCUT2D eigenvalue weighted by molar-refractivity contribution is 5.71. The molecule has 8 heteroatoms. The Kier molecular flexibility index (Phi) is 3.66. The summed E-state index contributed by atoms with van der Waals surface area (Å²) < 4.78 is 25.5. The van der Waals surface area contributed by atoms with Crippen molar-refractivity contribution in [3.63, 3.8) is 0 Å². The number of carboxylic acids is 1. The number of carboxylic acid groups (broad SMARTS) is 1. The minimum absolute atomic E-state index is 0.0283. The molecule has 0 aromatic carbocycles. The van der Waals surface area contributed by atoms with Crippen LogP contribution in [-0.4, -0.2) is 21.0 Å². The Morgan fingerprint density at radius 3 is 2.65 bits per heavy atom. The molecule has 0 aliphatic heterocycles. The quantitative estimate of drug-likeness (QED) is 0.646. The van der Waals surface area contributed by atoms with Crippen molar-refractivity contribution in [3.05, 3.63) is 33.1 Å². The topological polar surface area (TPSA) is 93.3 Å². The standard InChI is InChI=1S/C9H8F2N2O4/c1-4-3-12-5(2-6(14)15)7(9(10)11)8(4)13(16)17/h3,9H,2H2,1H3,(H,14,15). The van der Waals surface area contributed by atoms with Crippen molar-refractivity contribution in [2.45, 2.75) is 19.8 Å². The second kappa shape index (κ2) is 4.81. The van der Waals surface area contributed by atoms with Gasteiger partial charge in [0, 0.05) is 11.8 Å². The van der Waals surface area contributed by atoms with Crippen molar-refractivity contribution >= 4 is 11.7 Å². The molecule has 0 fully saturated rings. The Bertz CT molecular complexity index is 476. The van der Waals surface area contributed by atoms with Crippen LogP contribution in [0.15, 0.2) is 6.20 Å². The predicted octanol–water partition coefficient (Wildman–Crippen LogP) is 1.86. The molecule has 1 rings (SSSR count). The molecule has 0 bridgehead atoms. The number of hydrogen-bond donors (Lipinski definition) is 1. The Morgan fingerprint density at radius 1 is 1.65 bits per heavy atom. The Morgan fingerprint density at radius 2 is 2.24 bits per heavy atom. The van der Waals surface area contributed by atoms with Crippen LogP contribution in [0.25, 0.3) is 0 Å². The molecule has 0 saturated heterocycles. The Balaban J connectivity index is 3.47. The van der Waals surface area contributed by atoms with Gasteiger partial charge in [-0.15, -0.1) is 0 Å². The predicted molar refractivity (Wildman–Crippen MR) is 51.9 cm³/mol. The van der Waals surface area contributed by atoms with Gasteiger partial charge in [0.2, 0.25) is 0 Å². The summed E-state index contributed by atoms with van der Waals surface area (Å²) in [6.45, 7) is 1.27. The molecule has 0 atom stereocenters. The third-order valence-corrected chi connectivity index (χ3v) is 2.07. The molecule has 1 N–H and O–H groups in total. The number of nitro groups is 1. The molecule has 0 aliphatic carbocycles. The largest absolute Gasteiger partial charge is 0.481 e. The van der Waals surface area contributed by atoms with E-state index < -0.39 is 40.7 Å². The molecule has 1 aromatic heterocycles. The molecule has 0 amide bonds. The molecule has 0 unspecified atom stereocenters. The van der Waals surface area contributed by atoms with Crippen molar-refractivity contribution in [2.24, 2.45) is 0 Å². The van der Waals surface area contributed by atoms with E-state index in [4.69, 9.17) is 5.11 Å². The average molecular weight is 246 g/mol. The summed E-state index contributed by atoms with van der Waals surface area (Å²) in [5, 5.41) is 19.2. The monoisotopic (exact) mass is 246 g/mol. The summed E-state index contributed by atoms with van der Waals surface area (Å²) in [6.07, 6.45) is -2.90. The van der Waals surface area contributed by atoms with Crippen LogP contribution in [0.4, 0.5) is 14.5 Å². The minimum atomic E-state index is -3.14. The SMILES string of the molecule is Cc1cnc(CC(=O)O)c(C(F)F)c1[N+](=O)[O-]. The lowest BCUT2D eigenvalue weighted by atomic mass is 10.1. The van der Waals surface area contributed by atoms with E-state index in [0.717, 1.165) is 6.20 Å². The fourth-order valence-electron chi connectivity index (χ4n) is 1.41. The van der Waals surface area contributed by atoms with Gasteiger partial charge in [-0.1, -0.05) is 0 Å². The summed E-state index contributed by atoms with van der Waals surface area (Å²) in [5.41, 5.74) is -2.20. The lowest BCUT2D eigenvalue weighted by Crippen LogP contribution is -2.10. The zero-order valence-corrected chi connectivity index (χ0v) is 8.68. The summed E-state index contributed by atoms with van der Waals surface area (Å²) in [5.74, 6) is -1.38. The van der Waals surface area contributed by atoms with Gasteiger partial charge in [0.15, 0.2) is 0 Å². The maximum Gasteiger partial charge on any atom is 0.309 e. The van der Waals surface area contributed by atoms with Gasteiger partial charge in [-0.05, 0) is 6.92 Å². The number of alkyl halides is 2.